The highest BCUT2D eigenvalue weighted by Crippen LogP contribution is 2.31. The summed E-state index contributed by atoms with van der Waals surface area (Å²) in [5.74, 6) is 0.130. The average Bonchev–Trinajstić information content (AvgIpc) is 2.39. The van der Waals surface area contributed by atoms with Gasteiger partial charge in [0.15, 0.2) is 0 Å². The Hall–Kier alpha value is -1.65. The molecule has 0 spiro atoms. The summed E-state index contributed by atoms with van der Waals surface area (Å²) in [6.45, 7) is -0.208. The third-order valence-corrected chi connectivity index (χ3v) is 2.82. The number of nitrogens with zero attached hydrogens (tertiary/aromatic N) is 1. The normalized spacial score (nSPS) is 10.4. The van der Waals surface area contributed by atoms with E-state index in [9.17, 15) is 4.39 Å². The third-order valence-electron chi connectivity index (χ3n) is 2.53. The van der Waals surface area contributed by atoms with Gasteiger partial charge in [0, 0.05) is 11.1 Å². The zero-order chi connectivity index (χ0) is 13.1. The van der Waals surface area contributed by atoms with Crippen molar-refractivity contribution in [2.24, 2.45) is 0 Å². The van der Waals surface area contributed by atoms with Crippen molar-refractivity contribution in [1.29, 1.82) is 0 Å². The minimum Gasteiger partial charge on any atom is -0.497 e. The second-order valence-corrected chi connectivity index (χ2v) is 4.00. The van der Waals surface area contributed by atoms with Gasteiger partial charge in [-0.1, -0.05) is 11.6 Å². The first-order valence-electron chi connectivity index (χ1n) is 5.26. The summed E-state index contributed by atoms with van der Waals surface area (Å²) in [7, 11) is 1.51. The molecule has 0 unspecified atom stereocenters. The molecule has 0 amide bonds. The minimum absolute atomic E-state index is 0.147. The molecule has 0 aliphatic carbocycles. The van der Waals surface area contributed by atoms with Gasteiger partial charge in [0.1, 0.15) is 16.7 Å². The number of rotatable bonds is 3. The molecular formula is C13H11ClFNO2. The highest BCUT2D eigenvalue weighted by molar-refractivity contribution is 6.32. The number of aliphatic hydroxyl groups is 1. The van der Waals surface area contributed by atoms with Gasteiger partial charge in [0.2, 0.25) is 0 Å². The predicted octanol–water partition coefficient (Wildman–Crippen LogP) is 3.04. The van der Waals surface area contributed by atoms with Gasteiger partial charge in [-0.2, -0.15) is 0 Å². The summed E-state index contributed by atoms with van der Waals surface area (Å²) in [6.07, 6.45) is 0. The SMILES string of the molecule is COc1ccc(F)c(-c2ccc(CO)nc2Cl)c1. The molecule has 18 heavy (non-hydrogen) atoms. The molecular weight excluding hydrogens is 257 g/mol. The van der Waals surface area contributed by atoms with E-state index >= 15 is 0 Å². The van der Waals surface area contributed by atoms with Crippen molar-refractivity contribution >= 4 is 11.6 Å². The van der Waals surface area contributed by atoms with E-state index in [-0.39, 0.29) is 11.8 Å². The maximum atomic E-state index is 13.8. The van der Waals surface area contributed by atoms with Crippen molar-refractivity contribution in [3.05, 3.63) is 47.0 Å². The number of hydrogen-bond donors (Lipinski definition) is 1. The summed E-state index contributed by atoms with van der Waals surface area (Å²) in [4.78, 5) is 3.97. The van der Waals surface area contributed by atoms with Crippen LogP contribution in [0.25, 0.3) is 11.1 Å². The molecule has 0 aliphatic rings. The monoisotopic (exact) mass is 267 g/mol. The lowest BCUT2D eigenvalue weighted by molar-refractivity contribution is 0.277. The first-order chi connectivity index (χ1) is 8.65. The Morgan fingerprint density at radius 2 is 2.06 bits per heavy atom. The van der Waals surface area contributed by atoms with Crippen molar-refractivity contribution in [2.75, 3.05) is 7.11 Å². The van der Waals surface area contributed by atoms with Gasteiger partial charge >= 0.3 is 0 Å². The number of hydrogen-bond acceptors (Lipinski definition) is 3. The van der Waals surface area contributed by atoms with Crippen LogP contribution >= 0.6 is 11.6 Å². The number of halogens is 2. The molecule has 5 heteroatoms. The van der Waals surface area contributed by atoms with Crippen LogP contribution in [0.3, 0.4) is 0 Å². The van der Waals surface area contributed by atoms with E-state index in [0.29, 0.717) is 22.6 Å². The molecule has 0 atom stereocenters. The maximum absolute atomic E-state index is 13.8. The van der Waals surface area contributed by atoms with Crippen molar-refractivity contribution < 1.29 is 14.2 Å². The topological polar surface area (TPSA) is 42.4 Å². The van der Waals surface area contributed by atoms with Gasteiger partial charge in [-0.05, 0) is 30.3 Å². The summed E-state index contributed by atoms with van der Waals surface area (Å²) >= 11 is 5.98. The molecule has 0 aliphatic heterocycles. The second kappa shape index (κ2) is 5.33. The Kier molecular flexibility index (Phi) is 3.79. The van der Waals surface area contributed by atoms with E-state index in [2.05, 4.69) is 4.98 Å². The lowest BCUT2D eigenvalue weighted by Gasteiger charge is -2.08. The van der Waals surface area contributed by atoms with Gasteiger partial charge in [0.05, 0.1) is 19.4 Å². The fourth-order valence-corrected chi connectivity index (χ4v) is 1.87. The first kappa shape index (κ1) is 12.8. The zero-order valence-electron chi connectivity index (χ0n) is 9.65. The molecule has 1 aromatic heterocycles. The molecule has 1 N–H and O–H groups in total. The highest BCUT2D eigenvalue weighted by atomic mass is 35.5. The Morgan fingerprint density at radius 3 is 2.67 bits per heavy atom. The Bertz CT molecular complexity index is 575. The van der Waals surface area contributed by atoms with Crippen molar-refractivity contribution in [3.8, 4) is 16.9 Å². The van der Waals surface area contributed by atoms with Crippen LogP contribution in [-0.4, -0.2) is 17.2 Å². The highest BCUT2D eigenvalue weighted by Gasteiger charge is 2.11. The molecule has 2 aromatic rings. The van der Waals surface area contributed by atoms with Gasteiger partial charge in [0.25, 0.3) is 0 Å². The Balaban J connectivity index is 2.54. The Morgan fingerprint density at radius 1 is 1.28 bits per heavy atom. The molecule has 1 heterocycles. The number of pyridine rings is 1. The van der Waals surface area contributed by atoms with Crippen LogP contribution < -0.4 is 4.74 Å². The molecule has 2 rings (SSSR count). The fourth-order valence-electron chi connectivity index (χ4n) is 1.60. The van der Waals surface area contributed by atoms with E-state index in [4.69, 9.17) is 21.4 Å². The summed E-state index contributed by atoms with van der Waals surface area (Å²) < 4.78 is 18.8. The van der Waals surface area contributed by atoms with Gasteiger partial charge in [-0.3, -0.25) is 0 Å². The molecule has 0 saturated heterocycles. The summed E-state index contributed by atoms with van der Waals surface area (Å²) in [5, 5.41) is 9.09. The maximum Gasteiger partial charge on any atom is 0.137 e. The lowest BCUT2D eigenvalue weighted by atomic mass is 10.1. The molecule has 0 bridgehead atoms. The predicted molar refractivity (Wildman–Crippen MR) is 67.1 cm³/mol. The number of aromatic nitrogens is 1. The molecule has 94 valence electrons. The summed E-state index contributed by atoms with van der Waals surface area (Å²) in [5.41, 5.74) is 1.22. The summed E-state index contributed by atoms with van der Waals surface area (Å²) in [6, 6.07) is 7.61. The van der Waals surface area contributed by atoms with Crippen LogP contribution in [0.2, 0.25) is 5.15 Å². The largest absolute Gasteiger partial charge is 0.497 e. The van der Waals surface area contributed by atoms with E-state index in [1.807, 2.05) is 0 Å². The molecule has 0 radical (unpaired) electrons. The van der Waals surface area contributed by atoms with E-state index in [1.54, 1.807) is 18.2 Å². The third kappa shape index (κ3) is 2.44. The lowest BCUT2D eigenvalue weighted by Crippen LogP contribution is -1.94. The van der Waals surface area contributed by atoms with Crippen LogP contribution in [0.4, 0.5) is 4.39 Å². The van der Waals surface area contributed by atoms with Crippen LogP contribution in [0, 0.1) is 5.82 Å². The van der Waals surface area contributed by atoms with Crippen molar-refractivity contribution in [3.63, 3.8) is 0 Å². The second-order valence-electron chi connectivity index (χ2n) is 3.64. The van der Waals surface area contributed by atoms with Gasteiger partial charge < -0.3 is 9.84 Å². The number of benzene rings is 1. The minimum atomic E-state index is -0.406. The quantitative estimate of drug-likeness (QED) is 0.869. The van der Waals surface area contributed by atoms with Gasteiger partial charge in [-0.15, -0.1) is 0 Å². The van der Waals surface area contributed by atoms with Crippen molar-refractivity contribution in [2.45, 2.75) is 6.61 Å². The standard InChI is InChI=1S/C13H11ClFNO2/c1-18-9-3-5-12(15)11(6-9)10-4-2-8(7-17)16-13(10)14/h2-6,17H,7H2,1H3. The molecule has 1 aromatic carbocycles. The van der Waals surface area contributed by atoms with Crippen LogP contribution in [0.5, 0.6) is 5.75 Å². The number of aliphatic hydroxyl groups excluding tert-OH is 1. The zero-order valence-corrected chi connectivity index (χ0v) is 10.4. The molecule has 3 nitrogen and oxygen atoms in total. The van der Waals surface area contributed by atoms with Crippen LogP contribution in [0.1, 0.15) is 5.69 Å². The van der Waals surface area contributed by atoms with E-state index < -0.39 is 5.82 Å². The average molecular weight is 268 g/mol. The number of ether oxygens (including phenoxy) is 1. The van der Waals surface area contributed by atoms with E-state index in [0.717, 1.165) is 0 Å². The number of methoxy groups -OCH3 is 1. The Labute approximate surface area is 109 Å². The first-order valence-corrected chi connectivity index (χ1v) is 5.63. The fraction of sp³-hybridized carbons (Fsp3) is 0.154. The van der Waals surface area contributed by atoms with Crippen LogP contribution in [-0.2, 0) is 6.61 Å². The van der Waals surface area contributed by atoms with Crippen molar-refractivity contribution in [1.82, 2.24) is 4.98 Å². The molecule has 0 saturated carbocycles. The molecule has 0 fully saturated rings. The van der Waals surface area contributed by atoms with E-state index in [1.165, 1.54) is 19.2 Å². The smallest absolute Gasteiger partial charge is 0.137 e. The van der Waals surface area contributed by atoms with Gasteiger partial charge in [-0.25, -0.2) is 9.37 Å². The van der Waals surface area contributed by atoms with Crippen LogP contribution in [0.15, 0.2) is 30.3 Å².